The largest absolute Gasteiger partial charge is 0.372 e. The fourth-order valence-corrected chi connectivity index (χ4v) is 3.42. The third kappa shape index (κ3) is 3.20. The Morgan fingerprint density at radius 2 is 1.50 bits per heavy atom. The van der Waals surface area contributed by atoms with Crippen LogP contribution in [0, 0.1) is 0 Å². The number of carbonyl (C=O) groups excluding carboxylic acids is 2. The lowest BCUT2D eigenvalue weighted by atomic mass is 10.1. The van der Waals surface area contributed by atoms with E-state index in [1.807, 2.05) is 30.3 Å². The molecule has 2 heterocycles. The Hall–Kier alpha value is -3.08. The van der Waals surface area contributed by atoms with Crippen LogP contribution in [0.25, 0.3) is 6.08 Å². The molecule has 0 radical (unpaired) electrons. The van der Waals surface area contributed by atoms with Gasteiger partial charge in [0.1, 0.15) is 5.57 Å². The van der Waals surface area contributed by atoms with Gasteiger partial charge in [-0.25, -0.2) is 5.01 Å². The van der Waals surface area contributed by atoms with Gasteiger partial charge in [0.25, 0.3) is 11.8 Å². The van der Waals surface area contributed by atoms with Crippen molar-refractivity contribution in [3.8, 4) is 0 Å². The van der Waals surface area contributed by atoms with Crippen LogP contribution in [-0.4, -0.2) is 24.9 Å². The Bertz CT molecular complexity index is 837. The number of benzene rings is 2. The molecule has 132 valence electrons. The molecule has 1 N–H and O–H groups in total. The molecule has 2 aromatic rings. The first-order valence-electron chi connectivity index (χ1n) is 8.99. The van der Waals surface area contributed by atoms with E-state index in [1.165, 1.54) is 30.0 Å². The van der Waals surface area contributed by atoms with Crippen LogP contribution in [0.4, 0.5) is 11.4 Å². The summed E-state index contributed by atoms with van der Waals surface area (Å²) in [6.07, 6.45) is 5.42. The number of nitrogens with one attached hydrogen (secondary N) is 1. The van der Waals surface area contributed by atoms with E-state index in [9.17, 15) is 9.59 Å². The fourth-order valence-electron chi connectivity index (χ4n) is 3.42. The SMILES string of the molecule is O=C1NN(c2ccccc2)C(=O)/C1=C/c1ccc(N2CCCCC2)cc1. The van der Waals surface area contributed by atoms with E-state index in [0.29, 0.717) is 5.69 Å². The van der Waals surface area contributed by atoms with Crippen LogP contribution < -0.4 is 15.3 Å². The topological polar surface area (TPSA) is 52.7 Å². The summed E-state index contributed by atoms with van der Waals surface area (Å²) in [6.45, 7) is 2.18. The smallest absolute Gasteiger partial charge is 0.282 e. The second-order valence-corrected chi connectivity index (χ2v) is 6.61. The summed E-state index contributed by atoms with van der Waals surface area (Å²) in [7, 11) is 0. The Labute approximate surface area is 152 Å². The Kier molecular flexibility index (Phi) is 4.44. The van der Waals surface area contributed by atoms with Gasteiger partial charge in [-0.05, 0) is 55.2 Å². The van der Waals surface area contributed by atoms with Gasteiger partial charge in [-0.2, -0.15) is 0 Å². The Morgan fingerprint density at radius 3 is 2.19 bits per heavy atom. The highest BCUT2D eigenvalue weighted by molar-refractivity contribution is 6.31. The summed E-state index contributed by atoms with van der Waals surface area (Å²) in [5.74, 6) is -0.708. The third-order valence-corrected chi connectivity index (χ3v) is 4.83. The van der Waals surface area contributed by atoms with Crippen LogP contribution in [0.3, 0.4) is 0 Å². The molecule has 2 amide bonds. The molecule has 0 saturated carbocycles. The highest BCUT2D eigenvalue weighted by Crippen LogP contribution is 2.23. The number of hydrogen-bond donors (Lipinski definition) is 1. The van der Waals surface area contributed by atoms with Crippen molar-refractivity contribution in [2.24, 2.45) is 0 Å². The molecular weight excluding hydrogens is 326 g/mol. The van der Waals surface area contributed by atoms with Gasteiger partial charge in [0.2, 0.25) is 0 Å². The second kappa shape index (κ2) is 7.04. The lowest BCUT2D eigenvalue weighted by Gasteiger charge is -2.28. The Balaban J connectivity index is 1.54. The molecule has 0 spiro atoms. The number of hydrogen-bond acceptors (Lipinski definition) is 3. The van der Waals surface area contributed by atoms with E-state index in [-0.39, 0.29) is 17.4 Å². The monoisotopic (exact) mass is 347 g/mol. The number of anilines is 2. The summed E-state index contributed by atoms with van der Waals surface area (Å²) in [4.78, 5) is 27.2. The lowest BCUT2D eigenvalue weighted by Crippen LogP contribution is -2.35. The highest BCUT2D eigenvalue weighted by Gasteiger charge is 2.34. The van der Waals surface area contributed by atoms with E-state index in [0.717, 1.165) is 18.7 Å². The number of nitrogens with zero attached hydrogens (tertiary/aromatic N) is 2. The van der Waals surface area contributed by atoms with Crippen LogP contribution in [-0.2, 0) is 9.59 Å². The molecule has 2 fully saturated rings. The summed E-state index contributed by atoms with van der Waals surface area (Å²) in [6, 6.07) is 17.1. The van der Waals surface area contributed by atoms with Gasteiger partial charge in [-0.15, -0.1) is 0 Å². The van der Waals surface area contributed by atoms with E-state index < -0.39 is 0 Å². The van der Waals surface area contributed by atoms with Gasteiger partial charge in [-0.3, -0.25) is 15.0 Å². The van der Waals surface area contributed by atoms with Crippen LogP contribution >= 0.6 is 0 Å². The molecule has 4 rings (SSSR count). The minimum absolute atomic E-state index is 0.152. The molecule has 0 bridgehead atoms. The summed E-state index contributed by atoms with van der Waals surface area (Å²) < 4.78 is 0. The van der Waals surface area contributed by atoms with Crippen molar-refractivity contribution < 1.29 is 9.59 Å². The van der Waals surface area contributed by atoms with Crippen molar-refractivity contribution in [2.75, 3.05) is 23.0 Å². The summed E-state index contributed by atoms with van der Waals surface area (Å²) >= 11 is 0. The predicted octanol–water partition coefficient (Wildman–Crippen LogP) is 3.14. The average molecular weight is 347 g/mol. The van der Waals surface area contributed by atoms with Gasteiger partial charge in [-0.1, -0.05) is 30.3 Å². The van der Waals surface area contributed by atoms with Gasteiger partial charge in [0, 0.05) is 18.8 Å². The van der Waals surface area contributed by atoms with Crippen molar-refractivity contribution in [1.82, 2.24) is 5.43 Å². The van der Waals surface area contributed by atoms with Gasteiger partial charge >= 0.3 is 0 Å². The van der Waals surface area contributed by atoms with Crippen LogP contribution in [0.2, 0.25) is 0 Å². The zero-order valence-electron chi connectivity index (χ0n) is 14.5. The molecule has 0 unspecified atom stereocenters. The molecular formula is C21H21N3O2. The van der Waals surface area contributed by atoms with Crippen molar-refractivity contribution in [2.45, 2.75) is 19.3 Å². The third-order valence-electron chi connectivity index (χ3n) is 4.83. The molecule has 0 aromatic heterocycles. The maximum absolute atomic E-state index is 12.6. The number of amides is 2. The Morgan fingerprint density at radius 1 is 0.808 bits per heavy atom. The highest BCUT2D eigenvalue weighted by atomic mass is 16.2. The van der Waals surface area contributed by atoms with E-state index in [4.69, 9.17) is 0 Å². The first-order valence-corrected chi connectivity index (χ1v) is 8.99. The molecule has 2 aliphatic heterocycles. The van der Waals surface area contributed by atoms with Crippen LogP contribution in [0.5, 0.6) is 0 Å². The number of rotatable bonds is 3. The van der Waals surface area contributed by atoms with E-state index >= 15 is 0 Å². The quantitative estimate of drug-likeness (QED) is 0.685. The number of hydrazine groups is 1. The fraction of sp³-hybridized carbons (Fsp3) is 0.238. The molecule has 2 aliphatic rings. The molecule has 0 atom stereocenters. The maximum Gasteiger partial charge on any atom is 0.282 e. The lowest BCUT2D eigenvalue weighted by molar-refractivity contribution is -0.117. The number of piperidine rings is 1. The first-order chi connectivity index (χ1) is 12.7. The minimum atomic E-state index is -0.376. The van der Waals surface area contributed by atoms with E-state index in [2.05, 4.69) is 22.5 Å². The standard InChI is InChI=1S/C21H21N3O2/c25-20-19(21(26)24(22-20)18-7-3-1-4-8-18)15-16-9-11-17(12-10-16)23-13-5-2-6-14-23/h1,3-4,7-12,15H,2,5-6,13-14H2,(H,22,25)/b19-15+. The summed E-state index contributed by atoms with van der Waals surface area (Å²) in [5, 5.41) is 1.29. The molecule has 5 heteroatoms. The normalized spacial score (nSPS) is 19.2. The zero-order chi connectivity index (χ0) is 17.9. The molecule has 0 aliphatic carbocycles. The van der Waals surface area contributed by atoms with Crippen molar-refractivity contribution in [3.63, 3.8) is 0 Å². The van der Waals surface area contributed by atoms with Crippen molar-refractivity contribution in [3.05, 3.63) is 65.7 Å². The zero-order valence-corrected chi connectivity index (χ0v) is 14.5. The van der Waals surface area contributed by atoms with Crippen molar-refractivity contribution >= 4 is 29.3 Å². The molecule has 26 heavy (non-hydrogen) atoms. The number of carbonyl (C=O) groups is 2. The van der Waals surface area contributed by atoms with E-state index in [1.54, 1.807) is 18.2 Å². The summed E-state index contributed by atoms with van der Waals surface area (Å²) in [5.41, 5.74) is 5.46. The van der Waals surface area contributed by atoms with Gasteiger partial charge < -0.3 is 4.90 Å². The van der Waals surface area contributed by atoms with Crippen molar-refractivity contribution in [1.29, 1.82) is 0 Å². The molecule has 2 aromatic carbocycles. The van der Waals surface area contributed by atoms with Crippen LogP contribution in [0.15, 0.2) is 60.2 Å². The predicted molar refractivity (Wildman–Crippen MR) is 103 cm³/mol. The molecule has 2 saturated heterocycles. The van der Waals surface area contributed by atoms with Crippen LogP contribution in [0.1, 0.15) is 24.8 Å². The van der Waals surface area contributed by atoms with Gasteiger partial charge in [0.05, 0.1) is 5.69 Å². The molecule has 5 nitrogen and oxygen atoms in total. The minimum Gasteiger partial charge on any atom is -0.372 e. The average Bonchev–Trinajstić information content (AvgIpc) is 2.98. The second-order valence-electron chi connectivity index (χ2n) is 6.61. The maximum atomic E-state index is 12.6. The number of para-hydroxylation sites is 1. The van der Waals surface area contributed by atoms with Gasteiger partial charge in [0.15, 0.2) is 0 Å². The first kappa shape index (κ1) is 16.4.